The number of piperidine rings is 1. The number of benzene rings is 1. The molecule has 2 aromatic heterocycles. The van der Waals surface area contributed by atoms with Crippen LogP contribution in [0.15, 0.2) is 24.4 Å². The first-order valence-corrected chi connectivity index (χ1v) is 15.5. The van der Waals surface area contributed by atoms with Crippen molar-refractivity contribution in [2.75, 3.05) is 44.0 Å². The number of hydrogen-bond donors (Lipinski definition) is 2. The first kappa shape index (κ1) is 28.4. The summed E-state index contributed by atoms with van der Waals surface area (Å²) in [6.07, 6.45) is 11.1. The lowest BCUT2D eigenvalue weighted by molar-refractivity contribution is 0.0916. The molecule has 2 N–H and O–H groups in total. The predicted octanol–water partition coefficient (Wildman–Crippen LogP) is 4.79. The first-order valence-electron chi connectivity index (χ1n) is 15.5. The molecule has 3 aliphatic rings. The van der Waals surface area contributed by atoms with Gasteiger partial charge in [0.15, 0.2) is 11.6 Å². The lowest BCUT2D eigenvalue weighted by atomic mass is 9.88. The number of ether oxygens (including phenoxy) is 1. The van der Waals surface area contributed by atoms with E-state index in [-0.39, 0.29) is 18.0 Å². The third kappa shape index (κ3) is 5.66. The van der Waals surface area contributed by atoms with E-state index in [1.807, 2.05) is 25.3 Å². The van der Waals surface area contributed by atoms with E-state index in [9.17, 15) is 4.79 Å². The molecular weight excluding hydrogens is 530 g/mol. The van der Waals surface area contributed by atoms with E-state index >= 15 is 0 Å². The van der Waals surface area contributed by atoms with E-state index < -0.39 is 0 Å². The second kappa shape index (κ2) is 12.2. The van der Waals surface area contributed by atoms with Crippen LogP contribution in [0.4, 0.5) is 17.5 Å². The van der Waals surface area contributed by atoms with Crippen molar-refractivity contribution in [3.8, 4) is 11.4 Å². The number of fused-ring (bicyclic) bond motifs is 3. The third-order valence-corrected chi connectivity index (χ3v) is 9.12. The van der Waals surface area contributed by atoms with Crippen molar-refractivity contribution in [3.05, 3.63) is 41.6 Å². The Morgan fingerprint density at radius 2 is 1.88 bits per heavy atom. The van der Waals surface area contributed by atoms with Gasteiger partial charge in [-0.05, 0) is 83.3 Å². The van der Waals surface area contributed by atoms with Gasteiger partial charge in [-0.2, -0.15) is 4.98 Å². The van der Waals surface area contributed by atoms with Crippen molar-refractivity contribution in [2.45, 2.75) is 77.3 Å². The van der Waals surface area contributed by atoms with E-state index in [1.165, 1.54) is 32.1 Å². The molecule has 1 atom stereocenters. The fourth-order valence-corrected chi connectivity index (χ4v) is 6.72. The summed E-state index contributed by atoms with van der Waals surface area (Å²) in [6.45, 7) is 7.11. The molecule has 11 nitrogen and oxygen atoms in total. The van der Waals surface area contributed by atoms with Gasteiger partial charge in [0.1, 0.15) is 17.3 Å². The van der Waals surface area contributed by atoms with Crippen LogP contribution in [0.5, 0.6) is 5.75 Å². The Labute approximate surface area is 248 Å². The fraction of sp³-hybridized carbons (Fsp3) is 0.581. The molecule has 0 bridgehead atoms. The summed E-state index contributed by atoms with van der Waals surface area (Å²) in [5, 5.41) is 15.5. The molecule has 1 aromatic carbocycles. The molecule has 11 heteroatoms. The Bertz CT molecular complexity index is 1410. The molecule has 1 aliphatic carbocycles. The lowest BCUT2D eigenvalue weighted by Gasteiger charge is -2.39. The number of amides is 1. The molecule has 1 amide bonds. The predicted molar refractivity (Wildman–Crippen MR) is 163 cm³/mol. The Morgan fingerprint density at radius 1 is 1.10 bits per heavy atom. The number of aryl methyl sites for hydroxylation is 1. The van der Waals surface area contributed by atoms with Gasteiger partial charge in [-0.3, -0.25) is 9.36 Å². The maximum Gasteiger partial charge on any atom is 0.251 e. The minimum Gasteiger partial charge on any atom is -0.495 e. The highest BCUT2D eigenvalue weighted by molar-refractivity contribution is 5.95. The van der Waals surface area contributed by atoms with Gasteiger partial charge in [0.25, 0.3) is 5.91 Å². The molecule has 6 rings (SSSR count). The highest BCUT2D eigenvalue weighted by Crippen LogP contribution is 2.41. The average molecular weight is 574 g/mol. The number of carbonyl (C=O) groups is 1. The standard InChI is InChI=1S/C31H43N9O2/c1-5-25-29-37-36-20(2)40(29)26-18-32-31(35-28(26)39(25)19-21-9-7-6-8-10-21)34-24-12-11-22(17-27(24)42-4)30(41)33-23-13-15-38(3)16-14-23/h11-12,17-18,21,23,25H,5-10,13-16,19H2,1-4H3,(H,33,41)(H,32,34,35)/t25-/m1/s1. The van der Waals surface area contributed by atoms with Crippen LogP contribution in [0, 0.1) is 12.8 Å². The number of rotatable bonds is 8. The van der Waals surface area contributed by atoms with Crippen molar-refractivity contribution in [1.82, 2.24) is 34.9 Å². The largest absolute Gasteiger partial charge is 0.495 e. The molecular formula is C31H43N9O2. The van der Waals surface area contributed by atoms with Crippen molar-refractivity contribution >= 4 is 23.4 Å². The highest BCUT2D eigenvalue weighted by atomic mass is 16.5. The zero-order valence-electron chi connectivity index (χ0n) is 25.3. The van der Waals surface area contributed by atoms with Crippen molar-refractivity contribution in [3.63, 3.8) is 0 Å². The zero-order chi connectivity index (χ0) is 29.2. The quantitative estimate of drug-likeness (QED) is 0.393. The van der Waals surface area contributed by atoms with E-state index in [2.05, 4.69) is 49.2 Å². The number of methoxy groups -OCH3 is 1. The molecule has 1 saturated heterocycles. The van der Waals surface area contributed by atoms with Crippen LogP contribution < -0.4 is 20.3 Å². The van der Waals surface area contributed by atoms with Crippen LogP contribution >= 0.6 is 0 Å². The maximum atomic E-state index is 13.0. The second-order valence-corrected chi connectivity index (χ2v) is 12.0. The smallest absolute Gasteiger partial charge is 0.251 e. The van der Waals surface area contributed by atoms with Crippen LogP contribution in [0.3, 0.4) is 0 Å². The van der Waals surface area contributed by atoms with Gasteiger partial charge >= 0.3 is 0 Å². The fourth-order valence-electron chi connectivity index (χ4n) is 6.72. The molecule has 0 radical (unpaired) electrons. The van der Waals surface area contributed by atoms with Crippen LogP contribution in [-0.2, 0) is 0 Å². The number of anilines is 3. The van der Waals surface area contributed by atoms with Crippen molar-refractivity contribution < 1.29 is 9.53 Å². The molecule has 1 saturated carbocycles. The van der Waals surface area contributed by atoms with Gasteiger partial charge in [-0.1, -0.05) is 26.2 Å². The SMILES string of the molecule is CC[C@@H]1c2nnc(C)n2-c2cnc(Nc3ccc(C(=O)NC4CCN(C)CC4)cc3OC)nc2N1CC1CCCCC1. The number of nitrogens with one attached hydrogen (secondary N) is 2. The number of carbonyl (C=O) groups excluding carboxylic acids is 1. The van der Waals surface area contributed by atoms with Crippen LogP contribution in [-0.4, -0.2) is 75.4 Å². The van der Waals surface area contributed by atoms with Crippen LogP contribution in [0.1, 0.15) is 86.3 Å². The van der Waals surface area contributed by atoms with Gasteiger partial charge in [0.05, 0.1) is 25.0 Å². The summed E-state index contributed by atoms with van der Waals surface area (Å²) in [6, 6.07) is 5.76. The molecule has 3 aromatic rings. The number of aromatic nitrogens is 5. The summed E-state index contributed by atoms with van der Waals surface area (Å²) >= 11 is 0. The molecule has 2 aliphatic heterocycles. The van der Waals surface area contributed by atoms with E-state index in [0.29, 0.717) is 28.9 Å². The molecule has 42 heavy (non-hydrogen) atoms. The number of likely N-dealkylation sites (tertiary alicyclic amines) is 1. The third-order valence-electron chi connectivity index (χ3n) is 9.12. The second-order valence-electron chi connectivity index (χ2n) is 12.0. The molecule has 4 heterocycles. The molecule has 0 unspecified atom stereocenters. The van der Waals surface area contributed by atoms with E-state index in [4.69, 9.17) is 14.7 Å². The number of hydrogen-bond acceptors (Lipinski definition) is 9. The minimum atomic E-state index is -0.0801. The summed E-state index contributed by atoms with van der Waals surface area (Å²) in [7, 11) is 3.73. The molecule has 0 spiro atoms. The first-order chi connectivity index (χ1) is 20.4. The molecule has 224 valence electrons. The minimum absolute atomic E-state index is 0.0801. The number of nitrogens with zero attached hydrogens (tertiary/aromatic N) is 7. The van der Waals surface area contributed by atoms with E-state index in [1.54, 1.807) is 13.2 Å². The summed E-state index contributed by atoms with van der Waals surface area (Å²) in [5.74, 6) is 4.29. The van der Waals surface area contributed by atoms with Crippen LogP contribution in [0.25, 0.3) is 5.69 Å². The average Bonchev–Trinajstić information content (AvgIpc) is 3.40. The summed E-state index contributed by atoms with van der Waals surface area (Å²) in [4.78, 5) is 27.5. The summed E-state index contributed by atoms with van der Waals surface area (Å²) in [5.41, 5.74) is 2.19. The lowest BCUT2D eigenvalue weighted by Crippen LogP contribution is -2.43. The van der Waals surface area contributed by atoms with Gasteiger partial charge in [-0.25, -0.2) is 4.98 Å². The van der Waals surface area contributed by atoms with Crippen LogP contribution in [0.2, 0.25) is 0 Å². The Kier molecular flexibility index (Phi) is 8.28. The Hall–Kier alpha value is -3.73. The van der Waals surface area contributed by atoms with Crippen molar-refractivity contribution in [1.29, 1.82) is 0 Å². The maximum absolute atomic E-state index is 13.0. The summed E-state index contributed by atoms with van der Waals surface area (Å²) < 4.78 is 7.80. The van der Waals surface area contributed by atoms with Crippen molar-refractivity contribution in [2.24, 2.45) is 5.92 Å². The Morgan fingerprint density at radius 3 is 2.62 bits per heavy atom. The normalized spacial score (nSPS) is 19.7. The Balaban J connectivity index is 1.26. The zero-order valence-corrected chi connectivity index (χ0v) is 25.3. The van der Waals surface area contributed by atoms with Gasteiger partial charge in [0, 0.05) is 18.2 Å². The highest BCUT2D eigenvalue weighted by Gasteiger charge is 2.36. The van der Waals surface area contributed by atoms with Gasteiger partial charge in [-0.15, -0.1) is 10.2 Å². The van der Waals surface area contributed by atoms with E-state index in [0.717, 1.165) is 62.1 Å². The van der Waals surface area contributed by atoms with Gasteiger partial charge < -0.3 is 25.2 Å². The monoisotopic (exact) mass is 573 g/mol. The van der Waals surface area contributed by atoms with Gasteiger partial charge in [0.2, 0.25) is 5.95 Å². The topological polar surface area (TPSA) is 113 Å². The molecule has 2 fully saturated rings.